The van der Waals surface area contributed by atoms with Crippen LogP contribution in [0, 0.1) is 34.1 Å². The molecule has 0 radical (unpaired) electrons. The van der Waals surface area contributed by atoms with Crippen molar-refractivity contribution in [3.63, 3.8) is 0 Å². The standard InChI is InChI=1S/C18H12N4O6S/c1-8-3-12-13(4-9(8)2)20-17(24)15(29-18(20)19-12)6-10-5-11(21(25)26)7-14(16(10)23)22(27)28/h3-7,23H,1-2H3. The van der Waals surface area contributed by atoms with Crippen molar-refractivity contribution < 1.29 is 15.0 Å². The molecule has 11 heteroatoms. The average molecular weight is 412 g/mol. The van der Waals surface area contributed by atoms with Crippen molar-refractivity contribution in [3.8, 4) is 5.75 Å². The molecule has 0 atom stereocenters. The molecular formula is C18H12N4O6S. The molecule has 10 nitrogen and oxygen atoms in total. The molecule has 146 valence electrons. The summed E-state index contributed by atoms with van der Waals surface area (Å²) in [5, 5.41) is 32.4. The highest BCUT2D eigenvalue weighted by Gasteiger charge is 2.23. The first kappa shape index (κ1) is 18.5. The Morgan fingerprint density at radius 2 is 1.79 bits per heavy atom. The van der Waals surface area contributed by atoms with Crippen molar-refractivity contribution in [1.29, 1.82) is 0 Å². The lowest BCUT2D eigenvalue weighted by Gasteiger charge is -2.00. The summed E-state index contributed by atoms with van der Waals surface area (Å²) < 4.78 is 1.55. The molecule has 29 heavy (non-hydrogen) atoms. The van der Waals surface area contributed by atoms with Crippen LogP contribution >= 0.6 is 11.3 Å². The van der Waals surface area contributed by atoms with Gasteiger partial charge in [-0.15, -0.1) is 0 Å². The second-order valence-corrected chi connectivity index (χ2v) is 7.50. The van der Waals surface area contributed by atoms with Gasteiger partial charge in [-0.2, -0.15) is 0 Å². The number of phenolic OH excluding ortho intramolecular Hbond substituents is 1. The van der Waals surface area contributed by atoms with Gasteiger partial charge in [0.1, 0.15) is 0 Å². The number of nitro groups is 2. The Kier molecular flexibility index (Phi) is 4.05. The van der Waals surface area contributed by atoms with E-state index in [2.05, 4.69) is 4.98 Å². The lowest BCUT2D eigenvalue weighted by Crippen LogP contribution is -2.22. The van der Waals surface area contributed by atoms with Gasteiger partial charge in [0.05, 0.1) is 31.5 Å². The number of aromatic hydroxyl groups is 1. The molecule has 2 heterocycles. The van der Waals surface area contributed by atoms with Crippen molar-refractivity contribution in [1.82, 2.24) is 9.38 Å². The van der Waals surface area contributed by atoms with Crippen LogP contribution in [-0.4, -0.2) is 24.3 Å². The molecule has 0 aliphatic rings. The smallest absolute Gasteiger partial charge is 0.318 e. The predicted molar refractivity (Wildman–Crippen MR) is 107 cm³/mol. The molecule has 2 aromatic carbocycles. The van der Waals surface area contributed by atoms with Crippen LogP contribution in [0.1, 0.15) is 16.7 Å². The van der Waals surface area contributed by atoms with Crippen molar-refractivity contribution in [3.05, 3.63) is 76.1 Å². The molecule has 4 rings (SSSR count). The van der Waals surface area contributed by atoms with Gasteiger partial charge in [0, 0.05) is 11.6 Å². The van der Waals surface area contributed by atoms with E-state index in [1.807, 2.05) is 26.0 Å². The summed E-state index contributed by atoms with van der Waals surface area (Å²) in [6.07, 6.45) is 1.20. The minimum atomic E-state index is -0.919. The minimum Gasteiger partial charge on any atom is -0.502 e. The van der Waals surface area contributed by atoms with Crippen LogP contribution in [0.4, 0.5) is 11.4 Å². The summed E-state index contributed by atoms with van der Waals surface area (Å²) in [4.78, 5) is 38.2. The molecule has 0 aliphatic heterocycles. The van der Waals surface area contributed by atoms with Crippen molar-refractivity contribution in [2.24, 2.45) is 0 Å². The molecule has 0 bridgehead atoms. The largest absolute Gasteiger partial charge is 0.502 e. The number of aromatic nitrogens is 2. The molecule has 1 N–H and O–H groups in total. The number of rotatable bonds is 3. The minimum absolute atomic E-state index is 0.137. The van der Waals surface area contributed by atoms with Crippen molar-refractivity contribution in [2.45, 2.75) is 13.8 Å². The van der Waals surface area contributed by atoms with Crippen LogP contribution < -0.4 is 10.1 Å². The second-order valence-electron chi connectivity index (χ2n) is 6.49. The van der Waals surface area contributed by atoms with E-state index in [1.165, 1.54) is 10.5 Å². The number of nitro benzene ring substituents is 2. The molecular weight excluding hydrogens is 400 g/mol. The molecule has 4 aromatic rings. The van der Waals surface area contributed by atoms with E-state index in [0.717, 1.165) is 28.5 Å². The number of hydrogen-bond donors (Lipinski definition) is 1. The molecule has 0 saturated carbocycles. The predicted octanol–water partition coefficient (Wildman–Crippen LogP) is 2.60. The van der Waals surface area contributed by atoms with E-state index in [0.29, 0.717) is 22.1 Å². The monoisotopic (exact) mass is 412 g/mol. The third kappa shape index (κ3) is 2.88. The van der Waals surface area contributed by atoms with E-state index in [1.54, 1.807) is 0 Å². The number of benzene rings is 2. The fraction of sp³-hybridized carbons (Fsp3) is 0.111. The van der Waals surface area contributed by atoms with Crippen LogP contribution in [0.15, 0.2) is 29.1 Å². The topological polar surface area (TPSA) is 141 Å². The Bertz CT molecular complexity index is 1470. The third-order valence-electron chi connectivity index (χ3n) is 4.65. The third-order valence-corrected chi connectivity index (χ3v) is 5.62. The molecule has 2 aromatic heterocycles. The van der Waals surface area contributed by atoms with Crippen molar-refractivity contribution >= 4 is 44.8 Å². The maximum absolute atomic E-state index is 12.9. The fourth-order valence-corrected chi connectivity index (χ4v) is 4.02. The van der Waals surface area contributed by atoms with E-state index in [9.17, 15) is 30.1 Å². The molecule has 0 unspecified atom stereocenters. The zero-order valence-corrected chi connectivity index (χ0v) is 15.9. The Balaban J connectivity index is 2.01. The van der Waals surface area contributed by atoms with E-state index < -0.39 is 32.5 Å². The van der Waals surface area contributed by atoms with Gasteiger partial charge in [-0.25, -0.2) is 9.38 Å². The summed E-state index contributed by atoms with van der Waals surface area (Å²) in [7, 11) is 0. The number of aryl methyl sites for hydroxylation is 2. The van der Waals surface area contributed by atoms with Gasteiger partial charge in [-0.3, -0.25) is 25.0 Å². The van der Waals surface area contributed by atoms with Crippen molar-refractivity contribution in [2.75, 3.05) is 0 Å². The highest BCUT2D eigenvalue weighted by molar-refractivity contribution is 7.15. The maximum Gasteiger partial charge on any atom is 0.318 e. The fourth-order valence-electron chi connectivity index (χ4n) is 3.04. The van der Waals surface area contributed by atoms with E-state index in [-0.39, 0.29) is 10.1 Å². The van der Waals surface area contributed by atoms with E-state index >= 15 is 0 Å². The van der Waals surface area contributed by atoms with Gasteiger partial charge >= 0.3 is 5.69 Å². The van der Waals surface area contributed by atoms with E-state index in [4.69, 9.17) is 0 Å². The molecule has 0 spiro atoms. The number of phenols is 1. The number of nitrogens with zero attached hydrogens (tertiary/aromatic N) is 4. The number of imidazole rings is 1. The molecule has 0 amide bonds. The van der Waals surface area contributed by atoms with Gasteiger partial charge in [-0.1, -0.05) is 11.3 Å². The lowest BCUT2D eigenvalue weighted by atomic mass is 10.1. The van der Waals surface area contributed by atoms with Gasteiger partial charge in [0.15, 0.2) is 4.96 Å². The van der Waals surface area contributed by atoms with Gasteiger partial charge in [0.25, 0.3) is 11.2 Å². The number of thiazole rings is 1. The van der Waals surface area contributed by atoms with Gasteiger partial charge in [0.2, 0.25) is 5.75 Å². The average Bonchev–Trinajstić information content (AvgIpc) is 3.13. The van der Waals surface area contributed by atoms with Crippen LogP contribution in [0.2, 0.25) is 0 Å². The SMILES string of the molecule is Cc1cc2nc3sc(=Cc4cc([N+](=O)[O-])cc([N+](=O)[O-])c4O)c(=O)n3c2cc1C. The lowest BCUT2D eigenvalue weighted by molar-refractivity contribution is -0.394. The molecule has 0 aliphatic carbocycles. The second kappa shape index (κ2) is 6.34. The first-order valence-electron chi connectivity index (χ1n) is 8.27. The van der Waals surface area contributed by atoms with Crippen LogP contribution in [0.5, 0.6) is 5.75 Å². The maximum atomic E-state index is 12.9. The van der Waals surface area contributed by atoms with Crippen LogP contribution in [-0.2, 0) is 0 Å². The summed E-state index contributed by atoms with van der Waals surface area (Å²) in [6, 6.07) is 5.38. The van der Waals surface area contributed by atoms with Crippen LogP contribution in [0.25, 0.3) is 22.1 Å². The first-order valence-corrected chi connectivity index (χ1v) is 9.08. The first-order chi connectivity index (χ1) is 13.7. The quantitative estimate of drug-likeness (QED) is 0.403. The Morgan fingerprint density at radius 3 is 2.45 bits per heavy atom. The Labute approximate surface area is 165 Å². The van der Waals surface area contributed by atoms with Crippen LogP contribution in [0.3, 0.4) is 0 Å². The van der Waals surface area contributed by atoms with Gasteiger partial charge in [-0.05, 0) is 43.2 Å². The number of fused-ring (bicyclic) bond motifs is 3. The number of hydrogen-bond acceptors (Lipinski definition) is 8. The summed E-state index contributed by atoms with van der Waals surface area (Å²) >= 11 is 1.03. The summed E-state index contributed by atoms with van der Waals surface area (Å²) in [6.45, 7) is 3.86. The summed E-state index contributed by atoms with van der Waals surface area (Å²) in [5.41, 5.74) is 1.32. The highest BCUT2D eigenvalue weighted by atomic mass is 32.1. The zero-order valence-electron chi connectivity index (χ0n) is 15.1. The normalized spacial score (nSPS) is 12.1. The Morgan fingerprint density at radius 1 is 1.10 bits per heavy atom. The highest BCUT2D eigenvalue weighted by Crippen LogP contribution is 2.34. The molecule has 0 fully saturated rings. The Hall–Kier alpha value is -3.86. The summed E-state index contributed by atoms with van der Waals surface area (Å²) in [5.74, 6) is -0.748. The number of non-ortho nitro benzene ring substituents is 1. The zero-order chi connectivity index (χ0) is 21.0. The molecule has 0 saturated heterocycles. The van der Waals surface area contributed by atoms with Gasteiger partial charge < -0.3 is 5.11 Å².